The van der Waals surface area contributed by atoms with Gasteiger partial charge in [-0.2, -0.15) is 13.2 Å². The van der Waals surface area contributed by atoms with Crippen molar-refractivity contribution in [1.29, 1.82) is 0 Å². The van der Waals surface area contributed by atoms with Gasteiger partial charge in [0.1, 0.15) is 6.04 Å². The molecule has 1 fully saturated rings. The van der Waals surface area contributed by atoms with Crippen molar-refractivity contribution in [2.45, 2.75) is 25.1 Å². The van der Waals surface area contributed by atoms with Gasteiger partial charge in [-0.3, -0.25) is 4.99 Å². The van der Waals surface area contributed by atoms with E-state index in [4.69, 9.17) is 0 Å². The van der Waals surface area contributed by atoms with Gasteiger partial charge in [-0.25, -0.2) is 0 Å². The van der Waals surface area contributed by atoms with Crippen LogP contribution >= 0.6 is 0 Å². The van der Waals surface area contributed by atoms with Gasteiger partial charge in [0, 0.05) is 13.0 Å². The van der Waals surface area contributed by atoms with E-state index < -0.39 is 12.2 Å². The van der Waals surface area contributed by atoms with Gasteiger partial charge in [-0.15, -0.1) is 0 Å². The number of nitrogens with zero attached hydrogens (tertiary/aromatic N) is 2. The molecular weight excluding hydrogens is 169 g/mol. The van der Waals surface area contributed by atoms with Crippen molar-refractivity contribution >= 4 is 5.84 Å². The SMILES string of the molecule is FC(F)(F)C1CCC2=NCCN21. The second-order valence-corrected chi connectivity index (χ2v) is 3.09. The molecule has 0 bridgehead atoms. The number of hydrogen-bond donors (Lipinski definition) is 0. The number of amidine groups is 1. The van der Waals surface area contributed by atoms with Gasteiger partial charge in [0.05, 0.1) is 12.4 Å². The summed E-state index contributed by atoms with van der Waals surface area (Å²) in [5.74, 6) is 0.650. The lowest BCUT2D eigenvalue weighted by atomic mass is 10.2. The van der Waals surface area contributed by atoms with Crippen LogP contribution in [0.3, 0.4) is 0 Å². The molecule has 2 heterocycles. The van der Waals surface area contributed by atoms with E-state index in [-0.39, 0.29) is 6.42 Å². The van der Waals surface area contributed by atoms with Crippen molar-refractivity contribution in [3.8, 4) is 0 Å². The Morgan fingerprint density at radius 3 is 2.83 bits per heavy atom. The van der Waals surface area contributed by atoms with Gasteiger partial charge in [-0.1, -0.05) is 0 Å². The van der Waals surface area contributed by atoms with Crippen molar-refractivity contribution in [2.24, 2.45) is 4.99 Å². The van der Waals surface area contributed by atoms with Crippen LogP contribution in [0.15, 0.2) is 4.99 Å². The van der Waals surface area contributed by atoms with Gasteiger partial charge in [0.2, 0.25) is 0 Å². The molecule has 12 heavy (non-hydrogen) atoms. The largest absolute Gasteiger partial charge is 0.408 e. The summed E-state index contributed by atoms with van der Waals surface area (Å²) in [4.78, 5) is 5.39. The minimum absolute atomic E-state index is 0.183. The molecule has 68 valence electrons. The van der Waals surface area contributed by atoms with Crippen LogP contribution in [-0.4, -0.2) is 36.0 Å². The predicted molar refractivity (Wildman–Crippen MR) is 38.1 cm³/mol. The van der Waals surface area contributed by atoms with E-state index in [1.807, 2.05) is 0 Å². The van der Waals surface area contributed by atoms with Crippen molar-refractivity contribution in [2.75, 3.05) is 13.1 Å². The van der Waals surface area contributed by atoms with E-state index >= 15 is 0 Å². The summed E-state index contributed by atoms with van der Waals surface area (Å²) in [6.07, 6.45) is -3.41. The maximum atomic E-state index is 12.3. The maximum Gasteiger partial charge on any atom is 0.408 e. The average Bonchev–Trinajstić information content (AvgIpc) is 2.37. The summed E-state index contributed by atoms with van der Waals surface area (Å²) < 4.78 is 36.9. The minimum Gasteiger partial charge on any atom is -0.347 e. The highest BCUT2D eigenvalue weighted by molar-refractivity contribution is 5.86. The Balaban J connectivity index is 2.16. The molecule has 2 aliphatic heterocycles. The highest BCUT2D eigenvalue weighted by Crippen LogP contribution is 2.34. The lowest BCUT2D eigenvalue weighted by Crippen LogP contribution is -2.41. The molecule has 0 amide bonds. The molecule has 0 spiro atoms. The molecule has 0 aromatic carbocycles. The van der Waals surface area contributed by atoms with Gasteiger partial charge >= 0.3 is 6.18 Å². The number of halogens is 3. The minimum atomic E-state index is -4.08. The number of alkyl halides is 3. The first-order valence-corrected chi connectivity index (χ1v) is 3.96. The Hall–Kier alpha value is -0.740. The molecule has 1 atom stereocenters. The first-order valence-electron chi connectivity index (χ1n) is 3.96. The van der Waals surface area contributed by atoms with Crippen LogP contribution in [0.5, 0.6) is 0 Å². The summed E-state index contributed by atoms with van der Waals surface area (Å²) in [7, 11) is 0. The fourth-order valence-electron chi connectivity index (χ4n) is 1.83. The molecule has 1 unspecified atom stereocenters. The van der Waals surface area contributed by atoms with Gasteiger partial charge in [-0.05, 0) is 6.42 Å². The van der Waals surface area contributed by atoms with Crippen LogP contribution in [0.2, 0.25) is 0 Å². The zero-order valence-corrected chi connectivity index (χ0v) is 6.43. The molecule has 0 saturated carbocycles. The molecule has 0 aromatic heterocycles. The standard InChI is InChI=1S/C7H9F3N2/c8-7(9,10)5-1-2-6-11-3-4-12(5)6/h5H,1-4H2. The van der Waals surface area contributed by atoms with Crippen LogP contribution < -0.4 is 0 Å². The molecule has 2 aliphatic rings. The third-order valence-corrected chi connectivity index (χ3v) is 2.36. The zero-order chi connectivity index (χ0) is 8.77. The van der Waals surface area contributed by atoms with Crippen molar-refractivity contribution in [1.82, 2.24) is 4.90 Å². The second-order valence-electron chi connectivity index (χ2n) is 3.09. The predicted octanol–water partition coefficient (Wildman–Crippen LogP) is 1.43. The lowest BCUT2D eigenvalue weighted by molar-refractivity contribution is -0.169. The number of aliphatic imine (C=N–C) groups is 1. The normalized spacial score (nSPS) is 29.1. The second kappa shape index (κ2) is 2.37. The molecular formula is C7H9F3N2. The van der Waals surface area contributed by atoms with Crippen LogP contribution in [0.25, 0.3) is 0 Å². The first-order chi connectivity index (χ1) is 5.59. The molecule has 5 heteroatoms. The van der Waals surface area contributed by atoms with Crippen LogP contribution in [-0.2, 0) is 0 Å². The third kappa shape index (κ3) is 1.07. The van der Waals surface area contributed by atoms with Crippen LogP contribution in [0.4, 0.5) is 13.2 Å². The van der Waals surface area contributed by atoms with Crippen molar-refractivity contribution in [3.05, 3.63) is 0 Å². The molecule has 0 aromatic rings. The molecule has 2 nitrogen and oxygen atoms in total. The van der Waals surface area contributed by atoms with E-state index in [9.17, 15) is 13.2 Å². The molecule has 0 N–H and O–H groups in total. The average molecular weight is 178 g/mol. The Labute approximate surface area is 68.1 Å². The van der Waals surface area contributed by atoms with E-state index in [2.05, 4.69) is 4.99 Å². The molecule has 0 aliphatic carbocycles. The van der Waals surface area contributed by atoms with Gasteiger partial charge in [0.25, 0.3) is 0 Å². The summed E-state index contributed by atoms with van der Waals surface area (Å²) in [5, 5.41) is 0. The van der Waals surface area contributed by atoms with Crippen molar-refractivity contribution < 1.29 is 13.2 Å². The van der Waals surface area contributed by atoms with Crippen LogP contribution in [0.1, 0.15) is 12.8 Å². The highest BCUT2D eigenvalue weighted by atomic mass is 19.4. The first kappa shape index (κ1) is 7.89. The summed E-state index contributed by atoms with van der Waals surface area (Å²) in [6.45, 7) is 0.974. The number of hydrogen-bond acceptors (Lipinski definition) is 2. The topological polar surface area (TPSA) is 15.6 Å². The van der Waals surface area contributed by atoms with Crippen molar-refractivity contribution in [3.63, 3.8) is 0 Å². The fraction of sp³-hybridized carbons (Fsp3) is 0.857. The quantitative estimate of drug-likeness (QED) is 0.547. The molecule has 2 rings (SSSR count). The Morgan fingerprint density at radius 2 is 2.17 bits per heavy atom. The Morgan fingerprint density at radius 1 is 1.42 bits per heavy atom. The Bertz CT molecular complexity index is 221. The van der Waals surface area contributed by atoms with Gasteiger partial charge < -0.3 is 4.90 Å². The van der Waals surface area contributed by atoms with E-state index in [1.54, 1.807) is 0 Å². The van der Waals surface area contributed by atoms with E-state index in [0.29, 0.717) is 25.3 Å². The number of rotatable bonds is 0. The lowest BCUT2D eigenvalue weighted by Gasteiger charge is -2.24. The van der Waals surface area contributed by atoms with E-state index in [0.717, 1.165) is 0 Å². The van der Waals surface area contributed by atoms with E-state index in [1.165, 1.54) is 4.90 Å². The number of fused-ring (bicyclic) bond motifs is 1. The van der Waals surface area contributed by atoms with Crippen LogP contribution in [0, 0.1) is 0 Å². The summed E-state index contributed by atoms with van der Waals surface area (Å²) in [5.41, 5.74) is 0. The fourth-order valence-corrected chi connectivity index (χ4v) is 1.83. The summed E-state index contributed by atoms with van der Waals surface area (Å²) >= 11 is 0. The highest BCUT2D eigenvalue weighted by Gasteiger charge is 2.48. The monoisotopic (exact) mass is 178 g/mol. The molecule has 1 saturated heterocycles. The van der Waals surface area contributed by atoms with Gasteiger partial charge in [0.15, 0.2) is 0 Å². The maximum absolute atomic E-state index is 12.3. The zero-order valence-electron chi connectivity index (χ0n) is 6.43. The summed E-state index contributed by atoms with van der Waals surface area (Å²) in [6, 6.07) is -1.27. The smallest absolute Gasteiger partial charge is 0.347 e. The molecule has 0 radical (unpaired) electrons. The Kier molecular flexibility index (Phi) is 1.56. The third-order valence-electron chi connectivity index (χ3n) is 2.36.